The van der Waals surface area contributed by atoms with Crippen LogP contribution < -0.4 is 5.73 Å². The Labute approximate surface area is 72.4 Å². The Morgan fingerprint density at radius 1 is 1.50 bits per heavy atom. The van der Waals surface area contributed by atoms with Gasteiger partial charge in [-0.3, -0.25) is 0 Å². The number of hydrogen-bond acceptors (Lipinski definition) is 2. The third-order valence-corrected chi connectivity index (χ3v) is 2.74. The molecule has 1 saturated carbocycles. The molecule has 1 atom stereocenters. The molecular weight excluding hydrogens is 150 g/mol. The summed E-state index contributed by atoms with van der Waals surface area (Å²) in [5.74, 6) is 1.60. The Morgan fingerprint density at radius 2 is 2.25 bits per heavy atom. The van der Waals surface area contributed by atoms with Crippen LogP contribution in [0.5, 0.6) is 0 Å². The summed E-state index contributed by atoms with van der Waals surface area (Å²) >= 11 is 0. The van der Waals surface area contributed by atoms with Crippen molar-refractivity contribution in [2.24, 2.45) is 11.7 Å². The number of rotatable bonds is 2. The van der Waals surface area contributed by atoms with E-state index in [1.165, 1.54) is 25.7 Å². The summed E-state index contributed by atoms with van der Waals surface area (Å²) in [5, 5.41) is 0. The molecule has 0 saturated heterocycles. The minimum absolute atomic E-state index is 0.127. The van der Waals surface area contributed by atoms with Crippen LogP contribution in [0.4, 0.5) is 0 Å². The zero-order valence-corrected chi connectivity index (χ0v) is 7.16. The third-order valence-electron chi connectivity index (χ3n) is 2.74. The molecule has 1 unspecified atom stereocenters. The first kappa shape index (κ1) is 7.80. The molecule has 0 radical (unpaired) electrons. The van der Waals surface area contributed by atoms with Crippen molar-refractivity contribution in [3.05, 3.63) is 18.2 Å². The Morgan fingerprint density at radius 3 is 2.83 bits per heavy atom. The molecule has 3 heteroatoms. The van der Waals surface area contributed by atoms with Gasteiger partial charge < -0.3 is 10.7 Å². The maximum atomic E-state index is 6.05. The van der Waals surface area contributed by atoms with Crippen molar-refractivity contribution < 1.29 is 0 Å². The van der Waals surface area contributed by atoms with Crippen LogP contribution in [0.15, 0.2) is 12.4 Å². The SMILES string of the molecule is NC(c1ncc[nH]1)C1CCCC1. The lowest BCUT2D eigenvalue weighted by atomic mass is 9.99. The molecule has 3 nitrogen and oxygen atoms in total. The van der Waals surface area contributed by atoms with Gasteiger partial charge in [0.25, 0.3) is 0 Å². The van der Waals surface area contributed by atoms with E-state index in [1.807, 2.05) is 6.20 Å². The molecule has 0 bridgehead atoms. The van der Waals surface area contributed by atoms with E-state index in [0.29, 0.717) is 5.92 Å². The second-order valence-electron chi connectivity index (χ2n) is 3.54. The Bertz CT molecular complexity index is 224. The summed E-state index contributed by atoms with van der Waals surface area (Å²) in [4.78, 5) is 7.26. The molecule has 0 spiro atoms. The second kappa shape index (κ2) is 3.27. The van der Waals surface area contributed by atoms with E-state index < -0.39 is 0 Å². The predicted molar refractivity (Wildman–Crippen MR) is 47.5 cm³/mol. The molecular formula is C9H15N3. The van der Waals surface area contributed by atoms with Crippen molar-refractivity contribution in [2.75, 3.05) is 0 Å². The molecule has 0 amide bonds. The number of nitrogens with zero attached hydrogens (tertiary/aromatic N) is 1. The molecule has 1 aliphatic carbocycles. The highest BCUT2D eigenvalue weighted by atomic mass is 14.9. The van der Waals surface area contributed by atoms with Crippen molar-refractivity contribution in [1.82, 2.24) is 9.97 Å². The Kier molecular flexibility index (Phi) is 2.13. The van der Waals surface area contributed by atoms with Crippen LogP contribution in [-0.4, -0.2) is 9.97 Å². The maximum absolute atomic E-state index is 6.05. The molecule has 66 valence electrons. The molecule has 0 aliphatic heterocycles. The zero-order valence-electron chi connectivity index (χ0n) is 7.16. The van der Waals surface area contributed by atoms with Gasteiger partial charge in [-0.1, -0.05) is 12.8 Å². The molecule has 3 N–H and O–H groups in total. The standard InChI is InChI=1S/C9H15N3/c10-8(7-3-1-2-4-7)9-11-5-6-12-9/h5-8H,1-4,10H2,(H,11,12). The number of hydrogen-bond donors (Lipinski definition) is 2. The first-order valence-electron chi connectivity index (χ1n) is 4.63. The van der Waals surface area contributed by atoms with E-state index in [2.05, 4.69) is 9.97 Å². The smallest absolute Gasteiger partial charge is 0.123 e. The number of nitrogens with one attached hydrogen (secondary N) is 1. The van der Waals surface area contributed by atoms with Crippen molar-refractivity contribution in [1.29, 1.82) is 0 Å². The Hall–Kier alpha value is -0.830. The normalized spacial score (nSPS) is 21.4. The van der Waals surface area contributed by atoms with E-state index in [4.69, 9.17) is 5.73 Å². The molecule has 2 rings (SSSR count). The largest absolute Gasteiger partial charge is 0.347 e. The fourth-order valence-corrected chi connectivity index (χ4v) is 2.00. The fraction of sp³-hybridized carbons (Fsp3) is 0.667. The van der Waals surface area contributed by atoms with E-state index >= 15 is 0 Å². The molecule has 1 aromatic heterocycles. The van der Waals surface area contributed by atoms with Gasteiger partial charge in [0.2, 0.25) is 0 Å². The first-order valence-corrected chi connectivity index (χ1v) is 4.63. The van der Waals surface area contributed by atoms with Crippen LogP contribution in [0.1, 0.15) is 37.5 Å². The highest BCUT2D eigenvalue weighted by Gasteiger charge is 2.24. The van der Waals surface area contributed by atoms with E-state index in [1.54, 1.807) is 6.20 Å². The lowest BCUT2D eigenvalue weighted by Gasteiger charge is -2.15. The number of imidazole rings is 1. The second-order valence-corrected chi connectivity index (χ2v) is 3.54. The monoisotopic (exact) mass is 165 g/mol. The topological polar surface area (TPSA) is 54.7 Å². The van der Waals surface area contributed by atoms with Crippen molar-refractivity contribution >= 4 is 0 Å². The lowest BCUT2D eigenvalue weighted by molar-refractivity contribution is 0.430. The lowest BCUT2D eigenvalue weighted by Crippen LogP contribution is -2.20. The van der Waals surface area contributed by atoms with E-state index in [0.717, 1.165) is 5.82 Å². The average molecular weight is 165 g/mol. The first-order chi connectivity index (χ1) is 5.88. The van der Waals surface area contributed by atoms with E-state index in [9.17, 15) is 0 Å². The fourth-order valence-electron chi connectivity index (χ4n) is 2.00. The number of aromatic amines is 1. The van der Waals surface area contributed by atoms with Gasteiger partial charge >= 0.3 is 0 Å². The van der Waals surface area contributed by atoms with Crippen LogP contribution >= 0.6 is 0 Å². The van der Waals surface area contributed by atoms with Gasteiger partial charge in [-0.2, -0.15) is 0 Å². The van der Waals surface area contributed by atoms with Crippen molar-refractivity contribution in [2.45, 2.75) is 31.7 Å². The average Bonchev–Trinajstić information content (AvgIpc) is 2.77. The van der Waals surface area contributed by atoms with Gasteiger partial charge in [-0.05, 0) is 18.8 Å². The molecule has 1 aliphatic rings. The number of aromatic nitrogens is 2. The summed E-state index contributed by atoms with van der Waals surface area (Å²) in [6, 6.07) is 0.127. The molecule has 1 fully saturated rings. The van der Waals surface area contributed by atoms with Crippen LogP contribution in [-0.2, 0) is 0 Å². The van der Waals surface area contributed by atoms with Crippen LogP contribution in [0.3, 0.4) is 0 Å². The maximum Gasteiger partial charge on any atom is 0.123 e. The van der Waals surface area contributed by atoms with Gasteiger partial charge in [-0.25, -0.2) is 4.98 Å². The highest BCUT2D eigenvalue weighted by molar-refractivity contribution is 4.97. The highest BCUT2D eigenvalue weighted by Crippen LogP contribution is 2.32. The Balaban J connectivity index is 2.04. The third kappa shape index (κ3) is 1.37. The zero-order chi connectivity index (χ0) is 8.39. The number of nitrogens with two attached hydrogens (primary N) is 1. The minimum atomic E-state index is 0.127. The quantitative estimate of drug-likeness (QED) is 0.699. The summed E-state index contributed by atoms with van der Waals surface area (Å²) in [5.41, 5.74) is 6.05. The molecule has 1 aromatic rings. The molecule has 0 aromatic carbocycles. The summed E-state index contributed by atoms with van der Waals surface area (Å²) < 4.78 is 0. The number of H-pyrrole nitrogens is 1. The minimum Gasteiger partial charge on any atom is -0.347 e. The van der Waals surface area contributed by atoms with Crippen molar-refractivity contribution in [3.63, 3.8) is 0 Å². The molecule has 1 heterocycles. The van der Waals surface area contributed by atoms with Crippen molar-refractivity contribution in [3.8, 4) is 0 Å². The van der Waals surface area contributed by atoms with Crippen LogP contribution in [0.25, 0.3) is 0 Å². The van der Waals surface area contributed by atoms with Gasteiger partial charge in [0.15, 0.2) is 0 Å². The van der Waals surface area contributed by atoms with Gasteiger partial charge in [0.1, 0.15) is 5.82 Å². The van der Waals surface area contributed by atoms with Gasteiger partial charge in [0.05, 0.1) is 6.04 Å². The van der Waals surface area contributed by atoms with Gasteiger partial charge in [-0.15, -0.1) is 0 Å². The molecule has 12 heavy (non-hydrogen) atoms. The summed E-state index contributed by atoms with van der Waals surface area (Å²) in [7, 11) is 0. The van der Waals surface area contributed by atoms with Gasteiger partial charge in [0, 0.05) is 12.4 Å². The van der Waals surface area contributed by atoms with Crippen LogP contribution in [0, 0.1) is 5.92 Å². The van der Waals surface area contributed by atoms with Crippen LogP contribution in [0.2, 0.25) is 0 Å². The summed E-state index contributed by atoms with van der Waals surface area (Å²) in [6.07, 6.45) is 8.80. The predicted octanol–water partition coefficient (Wildman–Crippen LogP) is 1.60. The summed E-state index contributed by atoms with van der Waals surface area (Å²) in [6.45, 7) is 0. The van der Waals surface area contributed by atoms with E-state index in [-0.39, 0.29) is 6.04 Å².